The van der Waals surface area contributed by atoms with Crippen molar-refractivity contribution >= 4 is 17.5 Å². The van der Waals surface area contributed by atoms with Crippen LogP contribution in [-0.4, -0.2) is 22.5 Å². The van der Waals surface area contributed by atoms with Crippen LogP contribution in [0, 0.1) is 17.0 Å². The molecular weight excluding hydrogens is 278 g/mol. The zero-order valence-corrected chi connectivity index (χ0v) is 11.5. The number of carbonyl (C=O) groups is 1. The second kappa shape index (κ2) is 5.61. The first-order valence-corrected chi connectivity index (χ1v) is 6.13. The Hall–Kier alpha value is -2.90. The van der Waals surface area contributed by atoms with Crippen molar-refractivity contribution in [2.24, 2.45) is 0 Å². The number of nitro benzene ring substituents is 1. The molecule has 0 aliphatic carbocycles. The van der Waals surface area contributed by atoms with Crippen molar-refractivity contribution in [3.63, 3.8) is 0 Å². The van der Waals surface area contributed by atoms with E-state index in [-0.39, 0.29) is 29.8 Å². The summed E-state index contributed by atoms with van der Waals surface area (Å²) in [5.41, 5.74) is 6.15. The number of ether oxygens (including phenoxy) is 1. The van der Waals surface area contributed by atoms with Crippen LogP contribution < -0.4 is 5.73 Å². The molecule has 0 radical (unpaired) electrons. The quantitative estimate of drug-likeness (QED) is 0.521. The Morgan fingerprint density at radius 2 is 2.24 bits per heavy atom. The van der Waals surface area contributed by atoms with Crippen LogP contribution >= 0.6 is 0 Å². The second-order valence-electron chi connectivity index (χ2n) is 4.16. The van der Waals surface area contributed by atoms with Crippen LogP contribution in [0.1, 0.15) is 23.0 Å². The molecule has 0 aliphatic heterocycles. The van der Waals surface area contributed by atoms with Crippen molar-refractivity contribution < 1.29 is 18.9 Å². The van der Waals surface area contributed by atoms with Gasteiger partial charge in [0.2, 0.25) is 17.5 Å². The number of carbonyl (C=O) groups excluding carboxylic acids is 1. The number of nitrogens with zero attached hydrogens (tertiary/aromatic N) is 2. The summed E-state index contributed by atoms with van der Waals surface area (Å²) < 4.78 is 10.0. The van der Waals surface area contributed by atoms with Gasteiger partial charge in [-0.05, 0) is 19.9 Å². The molecule has 8 heteroatoms. The van der Waals surface area contributed by atoms with Gasteiger partial charge in [0.15, 0.2) is 0 Å². The summed E-state index contributed by atoms with van der Waals surface area (Å²) in [5, 5.41) is 10.9. The first kappa shape index (κ1) is 14.5. The van der Waals surface area contributed by atoms with Crippen LogP contribution in [-0.2, 0) is 4.74 Å². The molecular formula is C13H13N3O5. The maximum Gasteiger partial charge on any atom is 0.362 e. The molecule has 0 atom stereocenters. The lowest BCUT2D eigenvalue weighted by molar-refractivity contribution is -0.385. The Labute approximate surface area is 119 Å². The van der Waals surface area contributed by atoms with Crippen LogP contribution in [0.5, 0.6) is 0 Å². The van der Waals surface area contributed by atoms with E-state index in [4.69, 9.17) is 14.9 Å². The average molecular weight is 291 g/mol. The Kier molecular flexibility index (Phi) is 3.88. The molecule has 2 rings (SSSR count). The van der Waals surface area contributed by atoms with Crippen LogP contribution in [0.2, 0.25) is 0 Å². The summed E-state index contributed by atoms with van der Waals surface area (Å²) in [6.07, 6.45) is 0. The van der Waals surface area contributed by atoms with Gasteiger partial charge in [0, 0.05) is 17.2 Å². The lowest BCUT2D eigenvalue weighted by Crippen LogP contribution is -2.07. The zero-order valence-electron chi connectivity index (χ0n) is 11.5. The van der Waals surface area contributed by atoms with Crippen molar-refractivity contribution in [2.45, 2.75) is 13.8 Å². The van der Waals surface area contributed by atoms with E-state index >= 15 is 0 Å². The van der Waals surface area contributed by atoms with Gasteiger partial charge in [0.1, 0.15) is 0 Å². The molecule has 1 aromatic carbocycles. The monoisotopic (exact) mass is 291 g/mol. The molecule has 0 aliphatic rings. The topological polar surface area (TPSA) is 121 Å². The molecule has 0 amide bonds. The third kappa shape index (κ3) is 2.69. The standard InChI is InChI=1S/C13H13N3O5/c1-3-20-13(17)10-11(14)21-12(15-10)8-5-4-6-9(7(8)2)16(18)19/h4-6H,3,14H2,1-2H3. The summed E-state index contributed by atoms with van der Waals surface area (Å²) in [7, 11) is 0. The van der Waals surface area contributed by atoms with Crippen molar-refractivity contribution in [1.29, 1.82) is 0 Å². The second-order valence-corrected chi connectivity index (χ2v) is 4.16. The molecule has 0 spiro atoms. The van der Waals surface area contributed by atoms with Gasteiger partial charge in [-0.3, -0.25) is 10.1 Å². The largest absolute Gasteiger partial charge is 0.461 e. The first-order chi connectivity index (χ1) is 9.95. The summed E-state index contributed by atoms with van der Waals surface area (Å²) in [6, 6.07) is 4.48. The number of nitrogen functional groups attached to an aromatic ring is 1. The van der Waals surface area contributed by atoms with E-state index in [1.165, 1.54) is 12.1 Å². The highest BCUT2D eigenvalue weighted by Gasteiger charge is 2.23. The molecule has 110 valence electrons. The van der Waals surface area contributed by atoms with Gasteiger partial charge in [-0.2, -0.15) is 4.98 Å². The van der Waals surface area contributed by atoms with Crippen LogP contribution in [0.4, 0.5) is 11.6 Å². The number of nitrogens with two attached hydrogens (primary N) is 1. The van der Waals surface area contributed by atoms with Crippen molar-refractivity contribution in [2.75, 3.05) is 12.3 Å². The Balaban J connectivity index is 2.49. The Morgan fingerprint density at radius 1 is 1.52 bits per heavy atom. The van der Waals surface area contributed by atoms with Gasteiger partial charge in [0.25, 0.3) is 5.69 Å². The maximum absolute atomic E-state index is 11.6. The fourth-order valence-corrected chi connectivity index (χ4v) is 1.85. The highest BCUT2D eigenvalue weighted by atomic mass is 16.6. The number of anilines is 1. The summed E-state index contributed by atoms with van der Waals surface area (Å²) >= 11 is 0. The minimum absolute atomic E-state index is 0.0387. The molecule has 0 unspecified atom stereocenters. The third-order valence-corrected chi connectivity index (χ3v) is 2.85. The first-order valence-electron chi connectivity index (χ1n) is 6.13. The number of hydrogen-bond acceptors (Lipinski definition) is 7. The van der Waals surface area contributed by atoms with Gasteiger partial charge >= 0.3 is 5.97 Å². The molecule has 2 aromatic rings. The molecule has 0 bridgehead atoms. The van der Waals surface area contributed by atoms with Crippen molar-refractivity contribution in [3.8, 4) is 11.5 Å². The minimum atomic E-state index is -0.701. The van der Waals surface area contributed by atoms with Crippen molar-refractivity contribution in [1.82, 2.24) is 4.98 Å². The van der Waals surface area contributed by atoms with Crippen LogP contribution in [0.25, 0.3) is 11.5 Å². The van der Waals surface area contributed by atoms with Gasteiger partial charge in [-0.25, -0.2) is 4.79 Å². The van der Waals surface area contributed by atoms with E-state index in [1.54, 1.807) is 19.9 Å². The highest BCUT2D eigenvalue weighted by molar-refractivity contribution is 5.92. The molecule has 21 heavy (non-hydrogen) atoms. The zero-order chi connectivity index (χ0) is 15.6. The SMILES string of the molecule is CCOC(=O)c1nc(-c2cccc([N+](=O)[O-])c2C)oc1N. The normalized spacial score (nSPS) is 10.4. The van der Waals surface area contributed by atoms with Gasteiger partial charge in [0.05, 0.1) is 11.5 Å². The molecule has 0 fully saturated rings. The maximum atomic E-state index is 11.6. The number of esters is 1. The van der Waals surface area contributed by atoms with Gasteiger partial charge in [-0.15, -0.1) is 0 Å². The summed E-state index contributed by atoms with van der Waals surface area (Å²) in [4.78, 5) is 26.0. The number of oxazole rings is 1. The van der Waals surface area contributed by atoms with E-state index in [9.17, 15) is 14.9 Å². The number of hydrogen-bond donors (Lipinski definition) is 1. The van der Waals surface area contributed by atoms with Crippen LogP contribution in [0.3, 0.4) is 0 Å². The Morgan fingerprint density at radius 3 is 2.86 bits per heavy atom. The lowest BCUT2D eigenvalue weighted by Gasteiger charge is -2.01. The third-order valence-electron chi connectivity index (χ3n) is 2.85. The predicted molar refractivity (Wildman–Crippen MR) is 73.7 cm³/mol. The fourth-order valence-electron chi connectivity index (χ4n) is 1.85. The average Bonchev–Trinajstić information content (AvgIpc) is 2.81. The van der Waals surface area contributed by atoms with Crippen LogP contribution in [0.15, 0.2) is 22.6 Å². The molecule has 1 heterocycles. The van der Waals surface area contributed by atoms with E-state index < -0.39 is 10.9 Å². The number of aromatic nitrogens is 1. The number of nitro groups is 1. The van der Waals surface area contributed by atoms with Gasteiger partial charge < -0.3 is 14.9 Å². The molecule has 8 nitrogen and oxygen atoms in total. The van der Waals surface area contributed by atoms with E-state index in [0.29, 0.717) is 11.1 Å². The summed E-state index contributed by atoms with van der Waals surface area (Å²) in [6.45, 7) is 3.40. The minimum Gasteiger partial charge on any atom is -0.461 e. The van der Waals surface area contributed by atoms with E-state index in [1.807, 2.05) is 0 Å². The Bertz CT molecular complexity index is 708. The fraction of sp³-hybridized carbons (Fsp3) is 0.231. The predicted octanol–water partition coefficient (Wildman–Crippen LogP) is 2.32. The molecule has 2 N–H and O–H groups in total. The van der Waals surface area contributed by atoms with E-state index in [2.05, 4.69) is 4.98 Å². The van der Waals surface area contributed by atoms with E-state index in [0.717, 1.165) is 0 Å². The summed E-state index contributed by atoms with van der Waals surface area (Å²) in [5.74, 6) is -0.848. The van der Waals surface area contributed by atoms with Gasteiger partial charge in [-0.1, -0.05) is 6.07 Å². The highest BCUT2D eigenvalue weighted by Crippen LogP contribution is 2.31. The molecule has 0 saturated heterocycles. The molecule has 0 saturated carbocycles. The number of benzene rings is 1. The lowest BCUT2D eigenvalue weighted by atomic mass is 10.1. The smallest absolute Gasteiger partial charge is 0.362 e. The van der Waals surface area contributed by atoms with Crippen molar-refractivity contribution in [3.05, 3.63) is 39.6 Å². The molecule has 1 aromatic heterocycles. The number of rotatable bonds is 4.